The monoisotopic (exact) mass is 300 g/mol. The molecule has 1 aromatic carbocycles. The van der Waals surface area contributed by atoms with Gasteiger partial charge in [-0.25, -0.2) is 0 Å². The maximum Gasteiger partial charge on any atom is 0.0842 e. The van der Waals surface area contributed by atoms with Gasteiger partial charge in [-0.3, -0.25) is 0 Å². The Morgan fingerprint density at radius 2 is 1.59 bits per heavy atom. The van der Waals surface area contributed by atoms with Gasteiger partial charge in [-0.05, 0) is 23.6 Å². The summed E-state index contributed by atoms with van der Waals surface area (Å²) in [4.78, 5) is 0. The Labute approximate surface area is 112 Å². The molecular formula is C14H21BrO2. The van der Waals surface area contributed by atoms with Crippen molar-refractivity contribution in [2.24, 2.45) is 5.92 Å². The maximum atomic E-state index is 10.0. The van der Waals surface area contributed by atoms with Crippen molar-refractivity contribution >= 4 is 15.9 Å². The van der Waals surface area contributed by atoms with Crippen LogP contribution in [-0.2, 0) is 6.42 Å². The predicted octanol–water partition coefficient (Wildman–Crippen LogP) is 3.15. The molecule has 2 N–H and O–H groups in total. The van der Waals surface area contributed by atoms with Crippen molar-refractivity contribution in [3.8, 4) is 0 Å². The van der Waals surface area contributed by atoms with Crippen LogP contribution in [0.3, 0.4) is 0 Å². The fourth-order valence-corrected chi connectivity index (χ4v) is 2.33. The number of hydrogen-bond acceptors (Lipinski definition) is 2. The van der Waals surface area contributed by atoms with Gasteiger partial charge in [0, 0.05) is 10.9 Å². The molecule has 2 atom stereocenters. The second kappa shape index (κ2) is 7.14. The van der Waals surface area contributed by atoms with Crippen LogP contribution in [0.1, 0.15) is 32.3 Å². The Bertz CT molecular complexity index is 319. The molecule has 0 fully saturated rings. The number of hydrogen-bond donors (Lipinski definition) is 2. The lowest BCUT2D eigenvalue weighted by Crippen LogP contribution is -2.34. The standard InChI is InChI=1S/C14H21BrO2/c1-3-11(4-2)14(17)13(16)9-10-5-7-12(15)8-6-10/h5-8,11,13-14,16-17H,3-4,9H2,1-2H3. The van der Waals surface area contributed by atoms with E-state index >= 15 is 0 Å². The Hall–Kier alpha value is -0.380. The third-order valence-electron chi connectivity index (χ3n) is 3.28. The highest BCUT2D eigenvalue weighted by atomic mass is 79.9. The van der Waals surface area contributed by atoms with Crippen molar-refractivity contribution in [2.75, 3.05) is 0 Å². The molecule has 1 rings (SSSR count). The zero-order chi connectivity index (χ0) is 12.8. The van der Waals surface area contributed by atoms with Gasteiger partial charge in [0.1, 0.15) is 0 Å². The summed E-state index contributed by atoms with van der Waals surface area (Å²) in [7, 11) is 0. The minimum Gasteiger partial charge on any atom is -0.390 e. The van der Waals surface area contributed by atoms with Crippen molar-refractivity contribution < 1.29 is 10.2 Å². The molecule has 0 amide bonds. The van der Waals surface area contributed by atoms with Gasteiger partial charge in [0.25, 0.3) is 0 Å². The number of benzene rings is 1. The molecule has 0 heterocycles. The normalized spacial score (nSPS) is 14.9. The zero-order valence-corrected chi connectivity index (χ0v) is 12.0. The summed E-state index contributed by atoms with van der Waals surface area (Å²) in [6.45, 7) is 4.09. The first-order valence-electron chi connectivity index (χ1n) is 6.19. The molecule has 0 aliphatic rings. The van der Waals surface area contributed by atoms with E-state index in [9.17, 15) is 10.2 Å². The molecule has 96 valence electrons. The average Bonchev–Trinajstić information content (AvgIpc) is 2.33. The smallest absolute Gasteiger partial charge is 0.0842 e. The Morgan fingerprint density at radius 3 is 2.06 bits per heavy atom. The van der Waals surface area contributed by atoms with Crippen molar-refractivity contribution in [1.82, 2.24) is 0 Å². The van der Waals surface area contributed by atoms with Crippen molar-refractivity contribution in [2.45, 2.75) is 45.3 Å². The van der Waals surface area contributed by atoms with Crippen LogP contribution < -0.4 is 0 Å². The molecule has 2 nitrogen and oxygen atoms in total. The highest BCUT2D eigenvalue weighted by molar-refractivity contribution is 9.10. The quantitative estimate of drug-likeness (QED) is 0.847. The summed E-state index contributed by atoms with van der Waals surface area (Å²) < 4.78 is 1.02. The summed E-state index contributed by atoms with van der Waals surface area (Å²) in [5.41, 5.74) is 1.05. The largest absolute Gasteiger partial charge is 0.390 e. The summed E-state index contributed by atoms with van der Waals surface area (Å²) in [6, 6.07) is 7.83. The topological polar surface area (TPSA) is 40.5 Å². The first kappa shape index (κ1) is 14.7. The molecule has 0 bridgehead atoms. The van der Waals surface area contributed by atoms with Crippen molar-refractivity contribution in [3.05, 3.63) is 34.3 Å². The molecule has 17 heavy (non-hydrogen) atoms. The Kier molecular flexibility index (Phi) is 6.17. The molecule has 0 saturated heterocycles. The summed E-state index contributed by atoms with van der Waals surface area (Å²) in [5.74, 6) is 0.181. The van der Waals surface area contributed by atoms with Crippen LogP contribution in [0.15, 0.2) is 28.7 Å². The van der Waals surface area contributed by atoms with E-state index in [1.807, 2.05) is 38.1 Å². The third-order valence-corrected chi connectivity index (χ3v) is 3.81. The average molecular weight is 301 g/mol. The number of aliphatic hydroxyl groups excluding tert-OH is 2. The van der Waals surface area contributed by atoms with Crippen molar-refractivity contribution in [3.63, 3.8) is 0 Å². The molecule has 0 aliphatic carbocycles. The summed E-state index contributed by atoms with van der Waals surface area (Å²) >= 11 is 3.37. The van der Waals surface area contributed by atoms with E-state index in [0.29, 0.717) is 6.42 Å². The molecule has 2 unspecified atom stereocenters. The van der Waals surface area contributed by atoms with Crippen LogP contribution in [0.2, 0.25) is 0 Å². The molecule has 0 aromatic heterocycles. The summed E-state index contributed by atoms with van der Waals surface area (Å²) in [6.07, 6.45) is 0.990. The lowest BCUT2D eigenvalue weighted by atomic mass is 9.90. The van der Waals surface area contributed by atoms with E-state index in [1.165, 1.54) is 0 Å². The second-order valence-electron chi connectivity index (χ2n) is 4.47. The van der Waals surface area contributed by atoms with E-state index in [2.05, 4.69) is 15.9 Å². The maximum absolute atomic E-state index is 10.0. The lowest BCUT2D eigenvalue weighted by Gasteiger charge is -2.25. The van der Waals surface area contributed by atoms with E-state index in [4.69, 9.17) is 0 Å². The van der Waals surface area contributed by atoms with Gasteiger partial charge in [0.15, 0.2) is 0 Å². The fraction of sp³-hybridized carbons (Fsp3) is 0.571. The van der Waals surface area contributed by atoms with Crippen molar-refractivity contribution in [1.29, 1.82) is 0 Å². The first-order valence-corrected chi connectivity index (χ1v) is 6.98. The van der Waals surface area contributed by atoms with Crippen LogP contribution in [0, 0.1) is 5.92 Å². The van der Waals surface area contributed by atoms with Gasteiger partial charge in [-0.2, -0.15) is 0 Å². The lowest BCUT2D eigenvalue weighted by molar-refractivity contribution is -0.0187. The van der Waals surface area contributed by atoms with Gasteiger partial charge in [0.05, 0.1) is 12.2 Å². The summed E-state index contributed by atoms with van der Waals surface area (Å²) in [5, 5.41) is 20.0. The van der Waals surface area contributed by atoms with E-state index < -0.39 is 12.2 Å². The van der Waals surface area contributed by atoms with Gasteiger partial charge < -0.3 is 10.2 Å². The molecule has 1 aromatic rings. The first-order chi connectivity index (χ1) is 8.08. The Balaban J connectivity index is 2.58. The van der Waals surface area contributed by atoms with Crippen LogP contribution >= 0.6 is 15.9 Å². The van der Waals surface area contributed by atoms with Crippen LogP contribution in [0.5, 0.6) is 0 Å². The minimum atomic E-state index is -0.680. The van der Waals surface area contributed by atoms with Crippen LogP contribution in [0.25, 0.3) is 0 Å². The van der Waals surface area contributed by atoms with Gasteiger partial charge in [0.2, 0.25) is 0 Å². The van der Waals surface area contributed by atoms with Crippen LogP contribution in [-0.4, -0.2) is 22.4 Å². The number of aliphatic hydroxyl groups is 2. The van der Waals surface area contributed by atoms with E-state index in [0.717, 1.165) is 22.9 Å². The molecular weight excluding hydrogens is 280 g/mol. The molecule has 0 aliphatic heterocycles. The molecule has 0 radical (unpaired) electrons. The number of halogens is 1. The second-order valence-corrected chi connectivity index (χ2v) is 5.38. The predicted molar refractivity (Wildman–Crippen MR) is 73.9 cm³/mol. The van der Waals surface area contributed by atoms with Gasteiger partial charge >= 0.3 is 0 Å². The highest BCUT2D eigenvalue weighted by Gasteiger charge is 2.23. The minimum absolute atomic E-state index is 0.181. The highest BCUT2D eigenvalue weighted by Crippen LogP contribution is 2.19. The van der Waals surface area contributed by atoms with E-state index in [-0.39, 0.29) is 5.92 Å². The molecule has 0 saturated carbocycles. The van der Waals surface area contributed by atoms with Gasteiger partial charge in [-0.1, -0.05) is 54.8 Å². The van der Waals surface area contributed by atoms with Gasteiger partial charge in [-0.15, -0.1) is 0 Å². The fourth-order valence-electron chi connectivity index (χ4n) is 2.07. The van der Waals surface area contributed by atoms with Crippen LogP contribution in [0.4, 0.5) is 0 Å². The Morgan fingerprint density at radius 1 is 1.06 bits per heavy atom. The molecule has 3 heteroatoms. The third kappa shape index (κ3) is 4.41. The number of rotatable bonds is 6. The SMILES string of the molecule is CCC(CC)C(O)C(O)Cc1ccc(Br)cc1. The molecule has 0 spiro atoms. The van der Waals surface area contributed by atoms with E-state index in [1.54, 1.807) is 0 Å². The zero-order valence-electron chi connectivity index (χ0n) is 10.4.